The molecule has 16 heavy (non-hydrogen) atoms. The molecule has 5 heteroatoms. The summed E-state index contributed by atoms with van der Waals surface area (Å²) >= 11 is 1.68. The number of pyridine rings is 1. The molecule has 3 heterocycles. The van der Waals surface area contributed by atoms with Gasteiger partial charge in [0, 0.05) is 18.8 Å². The van der Waals surface area contributed by atoms with E-state index < -0.39 is 0 Å². The Morgan fingerprint density at radius 3 is 3.25 bits per heavy atom. The number of likely N-dealkylation sites (tertiary alicyclic amines) is 1. The van der Waals surface area contributed by atoms with Crippen LogP contribution in [0.1, 0.15) is 6.42 Å². The van der Waals surface area contributed by atoms with Crippen LogP contribution in [0.3, 0.4) is 0 Å². The normalized spacial score (nSPS) is 21.7. The molecule has 1 N–H and O–H groups in total. The summed E-state index contributed by atoms with van der Waals surface area (Å²) in [7, 11) is 2.15. The van der Waals surface area contributed by atoms with Crippen molar-refractivity contribution in [2.75, 3.05) is 25.5 Å². The van der Waals surface area contributed by atoms with E-state index in [2.05, 4.69) is 33.3 Å². The van der Waals surface area contributed by atoms with Crippen LogP contribution in [0.15, 0.2) is 18.3 Å². The number of nitrogens with one attached hydrogen (secondary N) is 1. The van der Waals surface area contributed by atoms with Crippen LogP contribution in [-0.2, 0) is 0 Å². The predicted molar refractivity (Wildman–Crippen MR) is 66.9 cm³/mol. The first-order valence-corrected chi connectivity index (χ1v) is 6.29. The second kappa shape index (κ2) is 3.99. The van der Waals surface area contributed by atoms with E-state index in [0.717, 1.165) is 22.0 Å². The van der Waals surface area contributed by atoms with Gasteiger partial charge in [-0.25, -0.2) is 9.97 Å². The molecule has 1 aliphatic heterocycles. The lowest BCUT2D eigenvalue weighted by Gasteiger charge is -2.10. The lowest BCUT2D eigenvalue weighted by molar-refractivity contribution is 0.414. The summed E-state index contributed by atoms with van der Waals surface area (Å²) < 4.78 is 1.15. The van der Waals surface area contributed by atoms with E-state index in [1.165, 1.54) is 13.0 Å². The Morgan fingerprint density at radius 1 is 1.56 bits per heavy atom. The fourth-order valence-corrected chi connectivity index (χ4v) is 2.96. The lowest BCUT2D eigenvalue weighted by Crippen LogP contribution is -2.23. The monoisotopic (exact) mass is 234 g/mol. The number of hydrogen-bond donors (Lipinski definition) is 1. The van der Waals surface area contributed by atoms with Crippen molar-refractivity contribution in [3.05, 3.63) is 18.3 Å². The summed E-state index contributed by atoms with van der Waals surface area (Å²) in [5.74, 6) is 0. The molecule has 0 aromatic carbocycles. The molecule has 0 radical (unpaired) electrons. The molecular formula is C11H14N4S. The highest BCUT2D eigenvalue weighted by molar-refractivity contribution is 7.22. The number of thiazole rings is 1. The topological polar surface area (TPSA) is 41.0 Å². The summed E-state index contributed by atoms with van der Waals surface area (Å²) in [5, 5.41) is 4.48. The molecule has 0 aliphatic carbocycles. The number of fused-ring (bicyclic) bond motifs is 1. The standard InChI is InChI=1S/C11H14N4S/c1-15-6-4-8(7-15)13-11-14-10-9(16-11)3-2-5-12-10/h2-3,5,8H,4,6-7H2,1H3,(H,12,13,14)/t8-/m1/s1. The molecule has 1 atom stereocenters. The molecule has 0 bridgehead atoms. The molecule has 1 fully saturated rings. The fourth-order valence-electron chi connectivity index (χ4n) is 2.06. The van der Waals surface area contributed by atoms with Crippen LogP contribution in [-0.4, -0.2) is 41.0 Å². The van der Waals surface area contributed by atoms with Crippen LogP contribution in [0, 0.1) is 0 Å². The van der Waals surface area contributed by atoms with Gasteiger partial charge in [0.25, 0.3) is 0 Å². The number of aromatic nitrogens is 2. The van der Waals surface area contributed by atoms with E-state index in [4.69, 9.17) is 0 Å². The molecule has 84 valence electrons. The number of likely N-dealkylation sites (N-methyl/N-ethyl adjacent to an activating group) is 1. The largest absolute Gasteiger partial charge is 0.357 e. The minimum atomic E-state index is 0.533. The average molecular weight is 234 g/mol. The van der Waals surface area contributed by atoms with E-state index >= 15 is 0 Å². The van der Waals surface area contributed by atoms with E-state index in [1.807, 2.05) is 6.07 Å². The molecule has 1 saturated heterocycles. The molecule has 0 unspecified atom stereocenters. The van der Waals surface area contributed by atoms with Crippen LogP contribution in [0.5, 0.6) is 0 Å². The van der Waals surface area contributed by atoms with Crippen molar-refractivity contribution in [3.8, 4) is 0 Å². The quantitative estimate of drug-likeness (QED) is 0.860. The molecular weight excluding hydrogens is 220 g/mol. The van der Waals surface area contributed by atoms with E-state index in [1.54, 1.807) is 17.5 Å². The first-order chi connectivity index (χ1) is 7.81. The van der Waals surface area contributed by atoms with E-state index in [-0.39, 0.29) is 0 Å². The van der Waals surface area contributed by atoms with Crippen molar-refractivity contribution in [2.24, 2.45) is 0 Å². The summed E-state index contributed by atoms with van der Waals surface area (Å²) in [6, 6.07) is 4.55. The van der Waals surface area contributed by atoms with Crippen molar-refractivity contribution in [2.45, 2.75) is 12.5 Å². The molecule has 0 amide bonds. The fraction of sp³-hybridized carbons (Fsp3) is 0.455. The zero-order valence-corrected chi connectivity index (χ0v) is 10.00. The molecule has 3 rings (SSSR count). The van der Waals surface area contributed by atoms with Crippen LogP contribution in [0.4, 0.5) is 5.13 Å². The second-order valence-corrected chi connectivity index (χ2v) is 5.27. The minimum Gasteiger partial charge on any atom is -0.357 e. The van der Waals surface area contributed by atoms with E-state index in [0.29, 0.717) is 6.04 Å². The van der Waals surface area contributed by atoms with Crippen LogP contribution in [0.25, 0.3) is 10.3 Å². The zero-order chi connectivity index (χ0) is 11.0. The maximum Gasteiger partial charge on any atom is 0.185 e. The van der Waals surface area contributed by atoms with Crippen molar-refractivity contribution in [1.82, 2.24) is 14.9 Å². The zero-order valence-electron chi connectivity index (χ0n) is 9.18. The van der Waals surface area contributed by atoms with Gasteiger partial charge in [0.05, 0.1) is 4.70 Å². The van der Waals surface area contributed by atoms with Gasteiger partial charge in [-0.3, -0.25) is 0 Å². The third kappa shape index (κ3) is 1.88. The summed E-state index contributed by atoms with van der Waals surface area (Å²) in [4.78, 5) is 11.1. The number of rotatable bonds is 2. The van der Waals surface area contributed by atoms with Gasteiger partial charge in [-0.2, -0.15) is 0 Å². The highest BCUT2D eigenvalue weighted by Crippen LogP contribution is 2.25. The maximum atomic E-state index is 4.48. The summed E-state index contributed by atoms with van der Waals surface area (Å²) in [5.41, 5.74) is 0.848. The Bertz CT molecular complexity index is 462. The minimum absolute atomic E-state index is 0.533. The predicted octanol–water partition coefficient (Wildman–Crippen LogP) is 1.81. The van der Waals surface area contributed by atoms with E-state index in [9.17, 15) is 0 Å². The highest BCUT2D eigenvalue weighted by Gasteiger charge is 2.20. The van der Waals surface area contributed by atoms with Crippen LogP contribution in [0.2, 0.25) is 0 Å². The highest BCUT2D eigenvalue weighted by atomic mass is 32.1. The Hall–Kier alpha value is -1.20. The maximum absolute atomic E-state index is 4.48. The van der Waals surface area contributed by atoms with Gasteiger partial charge in [-0.1, -0.05) is 11.3 Å². The van der Waals surface area contributed by atoms with Gasteiger partial charge in [0.2, 0.25) is 0 Å². The van der Waals surface area contributed by atoms with Crippen molar-refractivity contribution >= 4 is 26.8 Å². The van der Waals surface area contributed by atoms with Crippen molar-refractivity contribution < 1.29 is 0 Å². The first-order valence-electron chi connectivity index (χ1n) is 5.48. The third-order valence-corrected chi connectivity index (χ3v) is 3.82. The summed E-state index contributed by atoms with van der Waals surface area (Å²) in [6.45, 7) is 2.27. The van der Waals surface area contributed by atoms with Crippen LogP contribution >= 0.6 is 11.3 Å². The first kappa shape index (κ1) is 9.99. The second-order valence-electron chi connectivity index (χ2n) is 4.24. The smallest absolute Gasteiger partial charge is 0.185 e. The Morgan fingerprint density at radius 2 is 2.50 bits per heavy atom. The lowest BCUT2D eigenvalue weighted by atomic mass is 10.3. The molecule has 2 aromatic rings. The van der Waals surface area contributed by atoms with Crippen molar-refractivity contribution in [3.63, 3.8) is 0 Å². The molecule has 0 spiro atoms. The molecule has 4 nitrogen and oxygen atoms in total. The van der Waals surface area contributed by atoms with Crippen LogP contribution < -0.4 is 5.32 Å². The van der Waals surface area contributed by atoms with Gasteiger partial charge in [0.1, 0.15) is 0 Å². The molecule has 2 aromatic heterocycles. The average Bonchev–Trinajstić information content (AvgIpc) is 2.84. The van der Waals surface area contributed by atoms with Gasteiger partial charge in [-0.05, 0) is 32.1 Å². The van der Waals surface area contributed by atoms with Gasteiger partial charge >= 0.3 is 0 Å². The Labute approximate surface area is 98.3 Å². The number of nitrogens with zero attached hydrogens (tertiary/aromatic N) is 3. The third-order valence-electron chi connectivity index (χ3n) is 2.88. The van der Waals surface area contributed by atoms with Gasteiger partial charge in [-0.15, -0.1) is 0 Å². The summed E-state index contributed by atoms with van der Waals surface area (Å²) in [6.07, 6.45) is 2.98. The SMILES string of the molecule is CN1CC[C@@H](Nc2nc3ncccc3s2)C1. The molecule has 1 aliphatic rings. The number of hydrogen-bond acceptors (Lipinski definition) is 5. The Balaban J connectivity index is 1.79. The van der Waals surface area contributed by atoms with Gasteiger partial charge in [0.15, 0.2) is 10.8 Å². The van der Waals surface area contributed by atoms with Crippen molar-refractivity contribution in [1.29, 1.82) is 0 Å². The van der Waals surface area contributed by atoms with Gasteiger partial charge < -0.3 is 10.2 Å². The Kier molecular flexibility index (Phi) is 2.49. The number of anilines is 1. The molecule has 0 saturated carbocycles.